The van der Waals surface area contributed by atoms with Crippen LogP contribution in [0.25, 0.3) is 11.4 Å². The molecule has 1 saturated heterocycles. The molecule has 0 unspecified atom stereocenters. The van der Waals surface area contributed by atoms with Gasteiger partial charge in [0.15, 0.2) is 5.82 Å². The predicted molar refractivity (Wildman–Crippen MR) is 84.6 cm³/mol. The highest BCUT2D eigenvalue weighted by atomic mass is 16.3. The van der Waals surface area contributed by atoms with E-state index in [1.165, 1.54) is 0 Å². The van der Waals surface area contributed by atoms with Crippen LogP contribution < -0.4 is 4.90 Å². The van der Waals surface area contributed by atoms with E-state index < -0.39 is 5.60 Å². The van der Waals surface area contributed by atoms with E-state index >= 15 is 0 Å². The molecule has 2 aromatic heterocycles. The summed E-state index contributed by atoms with van der Waals surface area (Å²) in [6.07, 6.45) is 3.35. The predicted octanol–water partition coefficient (Wildman–Crippen LogP) is 0.980. The number of aromatic nitrogens is 5. The van der Waals surface area contributed by atoms with Gasteiger partial charge in [-0.2, -0.15) is 0 Å². The molecule has 0 bridgehead atoms. The minimum atomic E-state index is -0.934. The number of hydrogen-bond acceptors (Lipinski definition) is 6. The van der Waals surface area contributed by atoms with Gasteiger partial charge in [-0.05, 0) is 6.07 Å². The van der Waals surface area contributed by atoms with Crippen LogP contribution >= 0.6 is 0 Å². The molecule has 1 N–H and O–H groups in total. The fraction of sp³-hybridized carbons (Fsp3) is 0.250. The lowest BCUT2D eigenvalue weighted by atomic mass is 9.91. The van der Waals surface area contributed by atoms with E-state index in [0.29, 0.717) is 24.6 Å². The van der Waals surface area contributed by atoms with E-state index in [2.05, 4.69) is 20.3 Å². The Morgan fingerprint density at radius 2 is 1.91 bits per heavy atom. The molecule has 7 heteroatoms. The minimum Gasteiger partial charge on any atom is -0.380 e. The highest BCUT2D eigenvalue weighted by Gasteiger charge is 2.45. The standard InChI is InChI=1S/C16H16N6O/c1-21-13(9-18-20-21)16(23)10-22(11-16)14-7-8-17-15(19-14)12-5-3-2-4-6-12/h2-9,23H,10-11H2,1H3. The first-order valence-corrected chi connectivity index (χ1v) is 7.37. The lowest BCUT2D eigenvalue weighted by molar-refractivity contribution is -0.000498. The maximum absolute atomic E-state index is 10.7. The van der Waals surface area contributed by atoms with Crippen molar-refractivity contribution in [1.82, 2.24) is 25.0 Å². The third-order valence-electron chi connectivity index (χ3n) is 4.09. The van der Waals surface area contributed by atoms with Gasteiger partial charge in [-0.3, -0.25) is 0 Å². The molecule has 4 rings (SSSR count). The summed E-state index contributed by atoms with van der Waals surface area (Å²) in [5.74, 6) is 1.49. The zero-order valence-corrected chi connectivity index (χ0v) is 12.7. The molecule has 0 amide bonds. The third-order valence-corrected chi connectivity index (χ3v) is 4.09. The molecule has 0 radical (unpaired) electrons. The van der Waals surface area contributed by atoms with E-state index in [-0.39, 0.29) is 0 Å². The van der Waals surface area contributed by atoms with Crippen LogP contribution in [0.3, 0.4) is 0 Å². The van der Waals surface area contributed by atoms with Crippen LogP contribution in [0.15, 0.2) is 48.8 Å². The summed E-state index contributed by atoms with van der Waals surface area (Å²) in [6.45, 7) is 0.916. The van der Waals surface area contributed by atoms with Gasteiger partial charge in [-0.15, -0.1) is 5.10 Å². The first kappa shape index (κ1) is 13.8. The third kappa shape index (κ3) is 2.35. The van der Waals surface area contributed by atoms with Crippen molar-refractivity contribution in [1.29, 1.82) is 0 Å². The first-order valence-electron chi connectivity index (χ1n) is 7.37. The Morgan fingerprint density at radius 1 is 1.13 bits per heavy atom. The summed E-state index contributed by atoms with van der Waals surface area (Å²) < 4.78 is 1.60. The normalized spacial score (nSPS) is 16.2. The van der Waals surface area contributed by atoms with Crippen molar-refractivity contribution >= 4 is 5.82 Å². The van der Waals surface area contributed by atoms with Gasteiger partial charge in [-0.1, -0.05) is 35.5 Å². The summed E-state index contributed by atoms with van der Waals surface area (Å²) in [6, 6.07) is 11.7. The van der Waals surface area contributed by atoms with E-state index in [4.69, 9.17) is 0 Å². The quantitative estimate of drug-likeness (QED) is 0.777. The molecule has 0 saturated carbocycles. The summed E-state index contributed by atoms with van der Waals surface area (Å²) in [5.41, 5.74) is 0.753. The number of aryl methyl sites for hydroxylation is 1. The van der Waals surface area contributed by atoms with Crippen molar-refractivity contribution in [3.05, 3.63) is 54.5 Å². The van der Waals surface area contributed by atoms with Crippen molar-refractivity contribution in [3.8, 4) is 11.4 Å². The summed E-state index contributed by atoms with van der Waals surface area (Å²) in [7, 11) is 1.78. The maximum atomic E-state index is 10.7. The molecular weight excluding hydrogens is 292 g/mol. The lowest BCUT2D eigenvalue weighted by Gasteiger charge is -2.46. The molecular formula is C16H16N6O. The number of nitrogens with zero attached hydrogens (tertiary/aromatic N) is 6. The first-order chi connectivity index (χ1) is 11.2. The number of anilines is 1. The number of benzene rings is 1. The van der Waals surface area contributed by atoms with Crippen LogP contribution in [0.2, 0.25) is 0 Å². The minimum absolute atomic E-state index is 0.458. The average Bonchev–Trinajstić information content (AvgIpc) is 2.99. The van der Waals surface area contributed by atoms with Gasteiger partial charge < -0.3 is 10.0 Å². The molecule has 0 atom stereocenters. The van der Waals surface area contributed by atoms with Crippen LogP contribution in [0.5, 0.6) is 0 Å². The second-order valence-electron chi connectivity index (χ2n) is 5.73. The monoisotopic (exact) mass is 308 g/mol. The fourth-order valence-electron chi connectivity index (χ4n) is 2.87. The molecule has 0 spiro atoms. The van der Waals surface area contributed by atoms with E-state index in [9.17, 15) is 5.11 Å². The second kappa shape index (κ2) is 5.13. The Kier molecular flexibility index (Phi) is 3.09. The van der Waals surface area contributed by atoms with Crippen LogP contribution in [-0.4, -0.2) is 43.2 Å². The Hall–Kier alpha value is -2.80. The van der Waals surface area contributed by atoms with Crippen molar-refractivity contribution in [2.24, 2.45) is 7.05 Å². The average molecular weight is 308 g/mol. The SMILES string of the molecule is Cn1nncc1C1(O)CN(c2ccnc(-c3ccccc3)n2)C1. The molecule has 1 fully saturated rings. The van der Waals surface area contributed by atoms with Crippen LogP contribution in [0.4, 0.5) is 5.82 Å². The number of β-amino-alcohol motifs (C(OH)–C–C–N with tert-alkyl or cyclic N) is 1. The van der Waals surface area contributed by atoms with E-state index in [0.717, 1.165) is 11.4 Å². The number of rotatable bonds is 3. The maximum Gasteiger partial charge on any atom is 0.161 e. The van der Waals surface area contributed by atoms with Gasteiger partial charge in [-0.25, -0.2) is 14.6 Å². The van der Waals surface area contributed by atoms with Crippen LogP contribution in [-0.2, 0) is 12.6 Å². The van der Waals surface area contributed by atoms with Gasteiger partial charge >= 0.3 is 0 Å². The Morgan fingerprint density at radius 3 is 2.61 bits per heavy atom. The highest BCUT2D eigenvalue weighted by Crippen LogP contribution is 2.34. The van der Waals surface area contributed by atoms with Crippen LogP contribution in [0, 0.1) is 0 Å². The molecule has 23 heavy (non-hydrogen) atoms. The summed E-state index contributed by atoms with van der Waals surface area (Å²) in [5, 5.41) is 18.4. The summed E-state index contributed by atoms with van der Waals surface area (Å²) in [4.78, 5) is 10.9. The van der Waals surface area contributed by atoms with Gasteiger partial charge in [0.25, 0.3) is 0 Å². The molecule has 0 aliphatic carbocycles. The molecule has 7 nitrogen and oxygen atoms in total. The van der Waals surface area contributed by atoms with Crippen molar-refractivity contribution in [2.45, 2.75) is 5.60 Å². The van der Waals surface area contributed by atoms with Crippen LogP contribution in [0.1, 0.15) is 5.69 Å². The highest BCUT2D eigenvalue weighted by molar-refractivity contribution is 5.57. The zero-order valence-electron chi connectivity index (χ0n) is 12.7. The van der Waals surface area contributed by atoms with Gasteiger partial charge in [0, 0.05) is 18.8 Å². The molecule has 1 aliphatic rings. The Bertz CT molecular complexity index is 825. The molecule has 1 aliphatic heterocycles. The van der Waals surface area contributed by atoms with Crippen molar-refractivity contribution < 1.29 is 5.11 Å². The largest absolute Gasteiger partial charge is 0.380 e. The number of hydrogen-bond donors (Lipinski definition) is 1. The smallest absolute Gasteiger partial charge is 0.161 e. The van der Waals surface area contributed by atoms with Gasteiger partial charge in [0.2, 0.25) is 0 Å². The molecule has 116 valence electrons. The van der Waals surface area contributed by atoms with Gasteiger partial charge in [0.05, 0.1) is 25.0 Å². The van der Waals surface area contributed by atoms with E-state index in [1.807, 2.05) is 41.3 Å². The Balaban J connectivity index is 1.56. The van der Waals surface area contributed by atoms with Crippen molar-refractivity contribution in [2.75, 3.05) is 18.0 Å². The lowest BCUT2D eigenvalue weighted by Crippen LogP contribution is -2.60. The van der Waals surface area contributed by atoms with Gasteiger partial charge in [0.1, 0.15) is 11.4 Å². The van der Waals surface area contributed by atoms with Crippen molar-refractivity contribution in [3.63, 3.8) is 0 Å². The zero-order chi connectivity index (χ0) is 15.9. The fourth-order valence-corrected chi connectivity index (χ4v) is 2.87. The summed E-state index contributed by atoms with van der Waals surface area (Å²) >= 11 is 0. The number of aliphatic hydroxyl groups is 1. The molecule has 1 aromatic carbocycles. The Labute approximate surface area is 133 Å². The molecule has 3 heterocycles. The second-order valence-corrected chi connectivity index (χ2v) is 5.73. The molecule has 3 aromatic rings. The topological polar surface area (TPSA) is 80.0 Å². The van der Waals surface area contributed by atoms with E-state index in [1.54, 1.807) is 24.1 Å².